The fourth-order valence-electron chi connectivity index (χ4n) is 4.15. The first-order chi connectivity index (χ1) is 15.0. The lowest BCUT2D eigenvalue weighted by molar-refractivity contribution is 0.0558. The van der Waals surface area contributed by atoms with Gasteiger partial charge in [-0.1, -0.05) is 32.0 Å². The molecule has 7 nitrogen and oxygen atoms in total. The zero-order valence-corrected chi connectivity index (χ0v) is 18.7. The maximum atomic E-state index is 13.4. The Morgan fingerprint density at radius 1 is 1.29 bits per heavy atom. The molecule has 1 aliphatic heterocycles. The Balaban J connectivity index is 1.56. The van der Waals surface area contributed by atoms with E-state index < -0.39 is 0 Å². The maximum Gasteiger partial charge on any atom is 0.272 e. The Morgan fingerprint density at radius 2 is 2.10 bits per heavy atom. The number of hydrogen-bond donors (Lipinski definition) is 0. The predicted molar refractivity (Wildman–Crippen MR) is 117 cm³/mol. The van der Waals surface area contributed by atoms with Gasteiger partial charge in [-0.05, 0) is 37.3 Å². The molecule has 7 heteroatoms. The number of aryl methyl sites for hydroxylation is 1. The molecule has 3 heterocycles. The van der Waals surface area contributed by atoms with Gasteiger partial charge in [-0.25, -0.2) is 4.98 Å². The zero-order chi connectivity index (χ0) is 22.0. The minimum absolute atomic E-state index is 0.0175. The summed E-state index contributed by atoms with van der Waals surface area (Å²) in [5.41, 5.74) is 2.58. The number of nitrogens with zero attached hydrogens (tertiary/aromatic N) is 4. The number of rotatable bonds is 6. The molecule has 4 rings (SSSR count). The molecule has 0 saturated carbocycles. The molecule has 1 fully saturated rings. The average molecular weight is 423 g/mol. The van der Waals surface area contributed by atoms with Crippen LogP contribution in [-0.2, 0) is 13.5 Å². The third-order valence-corrected chi connectivity index (χ3v) is 5.89. The van der Waals surface area contributed by atoms with Gasteiger partial charge in [-0.2, -0.15) is 5.10 Å². The van der Waals surface area contributed by atoms with Crippen LogP contribution in [0.5, 0.6) is 5.75 Å². The first-order valence-corrected chi connectivity index (χ1v) is 10.9. The SMILES string of the molecule is COc1ccccc1Cc1cnc([C@H]2CCCCN2C(=O)c2cc(C(C)C)nn2C)o1. The third kappa shape index (κ3) is 4.36. The van der Waals surface area contributed by atoms with Crippen LogP contribution >= 0.6 is 0 Å². The number of hydrogen-bond acceptors (Lipinski definition) is 5. The molecule has 31 heavy (non-hydrogen) atoms. The van der Waals surface area contributed by atoms with E-state index in [2.05, 4.69) is 23.9 Å². The number of benzene rings is 1. The lowest BCUT2D eigenvalue weighted by Gasteiger charge is -2.33. The van der Waals surface area contributed by atoms with Gasteiger partial charge in [0.15, 0.2) is 0 Å². The van der Waals surface area contributed by atoms with Crippen molar-refractivity contribution in [2.24, 2.45) is 7.05 Å². The second-order valence-corrected chi connectivity index (χ2v) is 8.40. The molecule has 1 amide bonds. The number of methoxy groups -OCH3 is 1. The van der Waals surface area contributed by atoms with Gasteiger partial charge in [0.2, 0.25) is 5.89 Å². The van der Waals surface area contributed by atoms with Crippen molar-refractivity contribution in [3.05, 3.63) is 65.1 Å². The standard InChI is InChI=1S/C24H30N4O3/c1-16(2)19-14-21(27(3)26-19)24(29)28-12-8-7-10-20(28)23-25-15-18(31-23)13-17-9-5-6-11-22(17)30-4/h5-6,9,11,14-16,20H,7-8,10,12-13H2,1-4H3/t20-/m1/s1. The summed E-state index contributed by atoms with van der Waals surface area (Å²) in [6, 6.07) is 9.63. The predicted octanol–water partition coefficient (Wildman–Crippen LogP) is 4.50. The number of ether oxygens (including phenoxy) is 1. The number of piperidine rings is 1. The number of carbonyl (C=O) groups excluding carboxylic acids is 1. The van der Waals surface area contributed by atoms with Crippen LogP contribution in [0.4, 0.5) is 0 Å². The van der Waals surface area contributed by atoms with Crippen molar-refractivity contribution in [1.82, 2.24) is 19.7 Å². The second kappa shape index (κ2) is 8.96. The molecule has 3 aromatic rings. The molecule has 0 aliphatic carbocycles. The molecule has 164 valence electrons. The van der Waals surface area contributed by atoms with Crippen molar-refractivity contribution in [2.75, 3.05) is 13.7 Å². The van der Waals surface area contributed by atoms with E-state index in [1.54, 1.807) is 18.0 Å². The summed E-state index contributed by atoms with van der Waals surface area (Å²) in [6.07, 6.45) is 5.22. The Kier molecular flexibility index (Phi) is 6.11. The van der Waals surface area contributed by atoms with E-state index in [0.29, 0.717) is 24.6 Å². The van der Waals surface area contributed by atoms with Crippen molar-refractivity contribution < 1.29 is 13.9 Å². The molecular formula is C24H30N4O3. The summed E-state index contributed by atoms with van der Waals surface area (Å²) in [5, 5.41) is 4.51. The average Bonchev–Trinajstić information content (AvgIpc) is 3.40. The van der Waals surface area contributed by atoms with Gasteiger partial charge in [-0.15, -0.1) is 0 Å². The number of para-hydroxylation sites is 1. The molecule has 1 aliphatic rings. The van der Waals surface area contributed by atoms with Gasteiger partial charge in [0.05, 0.1) is 19.0 Å². The van der Waals surface area contributed by atoms with E-state index in [0.717, 1.165) is 42.0 Å². The largest absolute Gasteiger partial charge is 0.496 e. The summed E-state index contributed by atoms with van der Waals surface area (Å²) in [7, 11) is 3.49. The highest BCUT2D eigenvalue weighted by molar-refractivity contribution is 5.93. The lowest BCUT2D eigenvalue weighted by atomic mass is 10.0. The smallest absolute Gasteiger partial charge is 0.272 e. The number of aromatic nitrogens is 3. The van der Waals surface area contributed by atoms with E-state index in [1.165, 1.54) is 0 Å². The number of likely N-dealkylation sites (tertiary alicyclic amines) is 1. The summed E-state index contributed by atoms with van der Waals surface area (Å²) in [6.45, 7) is 4.85. The van der Waals surface area contributed by atoms with Gasteiger partial charge >= 0.3 is 0 Å². The van der Waals surface area contributed by atoms with Crippen LogP contribution in [0, 0.1) is 0 Å². The molecule has 1 saturated heterocycles. The summed E-state index contributed by atoms with van der Waals surface area (Å²) < 4.78 is 13.3. The van der Waals surface area contributed by atoms with Crippen molar-refractivity contribution in [3.8, 4) is 5.75 Å². The topological polar surface area (TPSA) is 73.4 Å². The molecule has 2 aromatic heterocycles. The molecule has 0 N–H and O–H groups in total. The number of carbonyl (C=O) groups is 1. The molecule has 0 spiro atoms. The minimum atomic E-state index is -0.162. The van der Waals surface area contributed by atoms with Crippen LogP contribution in [0.25, 0.3) is 0 Å². The molecular weight excluding hydrogens is 392 g/mol. The van der Waals surface area contributed by atoms with E-state index in [1.807, 2.05) is 42.3 Å². The van der Waals surface area contributed by atoms with Crippen LogP contribution in [0.2, 0.25) is 0 Å². The molecule has 0 unspecified atom stereocenters. The lowest BCUT2D eigenvalue weighted by Crippen LogP contribution is -2.39. The van der Waals surface area contributed by atoms with E-state index in [9.17, 15) is 4.79 Å². The second-order valence-electron chi connectivity index (χ2n) is 8.40. The Morgan fingerprint density at radius 3 is 2.84 bits per heavy atom. The highest BCUT2D eigenvalue weighted by Crippen LogP contribution is 2.33. The molecule has 1 aromatic carbocycles. The fraction of sp³-hybridized carbons (Fsp3) is 0.458. The summed E-state index contributed by atoms with van der Waals surface area (Å²) in [4.78, 5) is 19.8. The number of amides is 1. The van der Waals surface area contributed by atoms with E-state index in [-0.39, 0.29) is 17.9 Å². The highest BCUT2D eigenvalue weighted by atomic mass is 16.5. The Hall–Kier alpha value is -3.09. The first-order valence-electron chi connectivity index (χ1n) is 10.9. The molecule has 0 bridgehead atoms. The number of oxazole rings is 1. The Labute approximate surface area is 183 Å². The van der Waals surface area contributed by atoms with Gasteiger partial charge in [-0.3, -0.25) is 9.48 Å². The maximum absolute atomic E-state index is 13.4. The van der Waals surface area contributed by atoms with Crippen LogP contribution in [0.3, 0.4) is 0 Å². The van der Waals surface area contributed by atoms with E-state index in [4.69, 9.17) is 9.15 Å². The quantitative estimate of drug-likeness (QED) is 0.585. The zero-order valence-electron chi connectivity index (χ0n) is 18.7. The fourth-order valence-corrected chi connectivity index (χ4v) is 4.15. The first kappa shape index (κ1) is 21.2. The van der Waals surface area contributed by atoms with Crippen molar-refractivity contribution in [2.45, 2.75) is 51.5 Å². The van der Waals surface area contributed by atoms with Crippen LogP contribution in [0.15, 0.2) is 40.9 Å². The summed E-state index contributed by atoms with van der Waals surface area (Å²) >= 11 is 0. The van der Waals surface area contributed by atoms with Crippen LogP contribution in [-0.4, -0.2) is 39.2 Å². The van der Waals surface area contributed by atoms with Gasteiger partial charge in [0.25, 0.3) is 5.91 Å². The van der Waals surface area contributed by atoms with Gasteiger partial charge < -0.3 is 14.1 Å². The molecule has 1 atom stereocenters. The normalized spacial score (nSPS) is 16.7. The van der Waals surface area contributed by atoms with Gasteiger partial charge in [0, 0.05) is 25.6 Å². The van der Waals surface area contributed by atoms with Crippen molar-refractivity contribution >= 4 is 5.91 Å². The van der Waals surface area contributed by atoms with E-state index >= 15 is 0 Å². The van der Waals surface area contributed by atoms with Crippen LogP contribution in [0.1, 0.15) is 78.5 Å². The molecule has 0 radical (unpaired) electrons. The minimum Gasteiger partial charge on any atom is -0.496 e. The van der Waals surface area contributed by atoms with Gasteiger partial charge in [0.1, 0.15) is 23.2 Å². The van der Waals surface area contributed by atoms with Crippen LogP contribution < -0.4 is 4.74 Å². The van der Waals surface area contributed by atoms with Crippen molar-refractivity contribution in [1.29, 1.82) is 0 Å². The monoisotopic (exact) mass is 422 g/mol. The van der Waals surface area contributed by atoms with Crippen molar-refractivity contribution in [3.63, 3.8) is 0 Å². The highest BCUT2D eigenvalue weighted by Gasteiger charge is 2.33. The third-order valence-electron chi connectivity index (χ3n) is 5.89. The Bertz CT molecular complexity index is 1050. The summed E-state index contributed by atoms with van der Waals surface area (Å²) in [5.74, 6) is 2.45.